The summed E-state index contributed by atoms with van der Waals surface area (Å²) in [4.78, 5) is 2.34. The lowest BCUT2D eigenvalue weighted by atomic mass is 10.0. The van der Waals surface area contributed by atoms with E-state index in [1.807, 2.05) is 0 Å². The summed E-state index contributed by atoms with van der Waals surface area (Å²) < 4.78 is 0. The maximum Gasteiger partial charge on any atom is 0.0587 e. The van der Waals surface area contributed by atoms with E-state index in [1.54, 1.807) is 0 Å². The van der Waals surface area contributed by atoms with Crippen molar-refractivity contribution < 1.29 is 5.11 Å². The van der Waals surface area contributed by atoms with E-state index in [-0.39, 0.29) is 6.61 Å². The normalized spacial score (nSPS) is 20.4. The van der Waals surface area contributed by atoms with Crippen molar-refractivity contribution in [1.29, 1.82) is 0 Å². The predicted octanol–water partition coefficient (Wildman–Crippen LogP) is 2.41. The number of nitrogens with zero attached hydrogens (tertiary/aromatic N) is 1. The van der Waals surface area contributed by atoms with Gasteiger partial charge in [-0.15, -0.1) is 0 Å². The van der Waals surface area contributed by atoms with Crippen molar-refractivity contribution in [3.05, 3.63) is 48.0 Å². The maximum atomic E-state index is 9.16. The molecule has 0 aromatic heterocycles. The number of aliphatic hydroxyl groups excluding tert-OH is 1. The second-order valence-electron chi connectivity index (χ2n) is 4.78. The highest BCUT2D eigenvalue weighted by atomic mass is 16.3. The molecule has 2 heteroatoms. The van der Waals surface area contributed by atoms with E-state index >= 15 is 0 Å². The minimum atomic E-state index is 0.285. The third-order valence-electron chi connectivity index (χ3n) is 3.68. The molecule has 0 aliphatic carbocycles. The summed E-state index contributed by atoms with van der Waals surface area (Å²) in [5.74, 6) is 0. The Kier molecular flexibility index (Phi) is 2.83. The Labute approximate surface area is 101 Å². The van der Waals surface area contributed by atoms with Gasteiger partial charge >= 0.3 is 0 Å². The average molecular weight is 227 g/mol. The van der Waals surface area contributed by atoms with E-state index in [0.29, 0.717) is 6.04 Å². The topological polar surface area (TPSA) is 23.5 Å². The van der Waals surface area contributed by atoms with Crippen LogP contribution in [0.3, 0.4) is 0 Å². The second kappa shape index (κ2) is 4.47. The summed E-state index contributed by atoms with van der Waals surface area (Å²) in [5, 5.41) is 11.8. The molecule has 2 nitrogen and oxygen atoms in total. The van der Waals surface area contributed by atoms with Crippen LogP contribution >= 0.6 is 0 Å². The largest absolute Gasteiger partial charge is 0.395 e. The lowest BCUT2D eigenvalue weighted by molar-refractivity contribution is 0.0357. The fourth-order valence-corrected chi connectivity index (χ4v) is 2.48. The van der Waals surface area contributed by atoms with Crippen molar-refractivity contribution in [3.8, 4) is 0 Å². The minimum Gasteiger partial charge on any atom is -0.395 e. The van der Waals surface area contributed by atoms with Gasteiger partial charge in [-0.1, -0.05) is 36.4 Å². The zero-order valence-corrected chi connectivity index (χ0v) is 9.84. The van der Waals surface area contributed by atoms with E-state index in [9.17, 15) is 0 Å². The van der Waals surface area contributed by atoms with Crippen LogP contribution in [-0.2, 0) is 6.54 Å². The van der Waals surface area contributed by atoms with Gasteiger partial charge < -0.3 is 5.11 Å². The Morgan fingerprint density at radius 2 is 1.94 bits per heavy atom. The van der Waals surface area contributed by atoms with Crippen molar-refractivity contribution in [3.63, 3.8) is 0 Å². The first-order valence-electron chi connectivity index (χ1n) is 6.19. The van der Waals surface area contributed by atoms with Crippen LogP contribution in [-0.4, -0.2) is 29.2 Å². The third-order valence-corrected chi connectivity index (χ3v) is 3.68. The molecular formula is C15H17NO. The lowest BCUT2D eigenvalue weighted by Gasteiger charge is -2.39. The van der Waals surface area contributed by atoms with Gasteiger partial charge in [-0.05, 0) is 28.8 Å². The standard InChI is InChI=1S/C15H17NO/c17-11-15-7-8-16(15)10-12-5-6-13-3-1-2-4-14(13)9-12/h1-6,9,15,17H,7-8,10-11H2. The molecule has 2 aromatic rings. The summed E-state index contributed by atoms with van der Waals surface area (Å²) in [6.07, 6.45) is 1.13. The average Bonchev–Trinajstić information content (AvgIpc) is 2.35. The monoisotopic (exact) mass is 227 g/mol. The van der Waals surface area contributed by atoms with Crippen molar-refractivity contribution in [2.75, 3.05) is 13.2 Å². The van der Waals surface area contributed by atoms with Gasteiger partial charge in [0, 0.05) is 19.1 Å². The number of likely N-dealkylation sites (tertiary alicyclic amines) is 1. The van der Waals surface area contributed by atoms with Crippen LogP contribution in [0.4, 0.5) is 0 Å². The van der Waals surface area contributed by atoms with Gasteiger partial charge in [0.05, 0.1) is 6.61 Å². The molecule has 1 atom stereocenters. The Morgan fingerprint density at radius 1 is 1.12 bits per heavy atom. The van der Waals surface area contributed by atoms with Gasteiger partial charge in [0.25, 0.3) is 0 Å². The molecule has 2 aromatic carbocycles. The first-order chi connectivity index (χ1) is 8.36. The Morgan fingerprint density at radius 3 is 2.65 bits per heavy atom. The number of aliphatic hydroxyl groups is 1. The molecule has 0 amide bonds. The summed E-state index contributed by atoms with van der Waals surface area (Å²) in [6, 6.07) is 15.4. The minimum absolute atomic E-state index is 0.285. The summed E-state index contributed by atoms with van der Waals surface area (Å²) >= 11 is 0. The molecule has 17 heavy (non-hydrogen) atoms. The molecule has 1 fully saturated rings. The van der Waals surface area contributed by atoms with E-state index in [0.717, 1.165) is 19.5 Å². The predicted molar refractivity (Wildman–Crippen MR) is 69.8 cm³/mol. The summed E-state index contributed by atoms with van der Waals surface area (Å²) in [7, 11) is 0. The molecule has 0 spiro atoms. The lowest BCUT2D eigenvalue weighted by Crippen LogP contribution is -2.48. The molecule has 1 aliphatic rings. The Hall–Kier alpha value is -1.38. The zero-order chi connectivity index (χ0) is 11.7. The zero-order valence-electron chi connectivity index (χ0n) is 9.84. The second-order valence-corrected chi connectivity index (χ2v) is 4.78. The van der Waals surface area contributed by atoms with Gasteiger partial charge in [0.15, 0.2) is 0 Å². The van der Waals surface area contributed by atoms with E-state index in [1.165, 1.54) is 16.3 Å². The quantitative estimate of drug-likeness (QED) is 0.870. The van der Waals surface area contributed by atoms with Crippen LogP contribution in [0, 0.1) is 0 Å². The number of fused-ring (bicyclic) bond motifs is 1. The van der Waals surface area contributed by atoms with Crippen LogP contribution in [0.25, 0.3) is 10.8 Å². The fraction of sp³-hybridized carbons (Fsp3) is 0.333. The highest BCUT2D eigenvalue weighted by Crippen LogP contribution is 2.22. The van der Waals surface area contributed by atoms with Gasteiger partial charge in [-0.2, -0.15) is 0 Å². The molecule has 1 heterocycles. The summed E-state index contributed by atoms with van der Waals surface area (Å²) in [5.41, 5.74) is 1.34. The van der Waals surface area contributed by atoms with Crippen LogP contribution in [0.1, 0.15) is 12.0 Å². The van der Waals surface area contributed by atoms with E-state index in [2.05, 4.69) is 47.4 Å². The molecule has 1 saturated heterocycles. The van der Waals surface area contributed by atoms with Crippen LogP contribution < -0.4 is 0 Å². The van der Waals surface area contributed by atoms with Crippen LogP contribution in [0.2, 0.25) is 0 Å². The fourth-order valence-electron chi connectivity index (χ4n) is 2.48. The molecule has 1 N–H and O–H groups in total. The maximum absolute atomic E-state index is 9.16. The van der Waals surface area contributed by atoms with Crippen molar-refractivity contribution >= 4 is 10.8 Å². The molecule has 3 rings (SSSR count). The molecule has 1 aliphatic heterocycles. The Balaban J connectivity index is 1.81. The van der Waals surface area contributed by atoms with Crippen molar-refractivity contribution in [2.24, 2.45) is 0 Å². The SMILES string of the molecule is OCC1CCN1Cc1ccc2ccccc2c1. The highest BCUT2D eigenvalue weighted by molar-refractivity contribution is 5.82. The van der Waals surface area contributed by atoms with E-state index in [4.69, 9.17) is 5.11 Å². The van der Waals surface area contributed by atoms with Crippen LogP contribution in [0.15, 0.2) is 42.5 Å². The Bertz CT molecular complexity index is 521. The first-order valence-corrected chi connectivity index (χ1v) is 6.19. The van der Waals surface area contributed by atoms with Gasteiger partial charge in [-0.3, -0.25) is 4.90 Å². The summed E-state index contributed by atoms with van der Waals surface area (Å²) in [6.45, 7) is 2.35. The molecule has 0 saturated carbocycles. The smallest absolute Gasteiger partial charge is 0.0587 e. The number of benzene rings is 2. The van der Waals surface area contributed by atoms with Crippen LogP contribution in [0.5, 0.6) is 0 Å². The van der Waals surface area contributed by atoms with Crippen molar-refractivity contribution in [2.45, 2.75) is 19.0 Å². The molecule has 88 valence electrons. The van der Waals surface area contributed by atoms with E-state index < -0.39 is 0 Å². The van der Waals surface area contributed by atoms with Gasteiger partial charge in [0.2, 0.25) is 0 Å². The third kappa shape index (κ3) is 2.06. The number of rotatable bonds is 3. The highest BCUT2D eigenvalue weighted by Gasteiger charge is 2.26. The van der Waals surface area contributed by atoms with Gasteiger partial charge in [-0.25, -0.2) is 0 Å². The van der Waals surface area contributed by atoms with Crippen molar-refractivity contribution in [1.82, 2.24) is 4.90 Å². The number of hydrogen-bond donors (Lipinski definition) is 1. The number of hydrogen-bond acceptors (Lipinski definition) is 2. The molecular weight excluding hydrogens is 210 g/mol. The molecule has 1 unspecified atom stereocenters. The van der Waals surface area contributed by atoms with Gasteiger partial charge in [0.1, 0.15) is 0 Å². The first kappa shape index (κ1) is 10.8. The molecule has 0 radical (unpaired) electrons. The molecule has 0 bridgehead atoms.